The lowest BCUT2D eigenvalue weighted by Gasteiger charge is -2.44. The van der Waals surface area contributed by atoms with E-state index in [0.29, 0.717) is 0 Å². The van der Waals surface area contributed by atoms with E-state index in [-0.39, 0.29) is 35.6 Å². The number of carbonyl (C=O) groups excluding carboxylic acids is 2. The zero-order chi connectivity index (χ0) is 27.1. The Hall–Kier alpha value is -1.67. The molecule has 0 aliphatic carbocycles. The number of rotatable bonds is 13. The third-order valence-electron chi connectivity index (χ3n) is 6.85. The quantitative estimate of drug-likeness (QED) is 0.415. The average Bonchev–Trinajstić information content (AvgIpc) is 2.68. The van der Waals surface area contributed by atoms with Gasteiger partial charge in [-0.3, -0.25) is 19.3 Å². The van der Waals surface area contributed by atoms with Crippen LogP contribution in [-0.4, -0.2) is 85.2 Å². The van der Waals surface area contributed by atoms with E-state index in [1.807, 2.05) is 81.3 Å². The molecule has 0 aliphatic heterocycles. The number of amides is 2. The van der Waals surface area contributed by atoms with E-state index in [0.717, 1.165) is 6.42 Å². The van der Waals surface area contributed by atoms with Crippen molar-refractivity contribution in [1.82, 2.24) is 15.1 Å². The highest BCUT2D eigenvalue weighted by molar-refractivity contribution is 5.90. The van der Waals surface area contributed by atoms with Crippen molar-refractivity contribution in [3.63, 3.8) is 0 Å². The summed E-state index contributed by atoms with van der Waals surface area (Å²) in [6.45, 7) is 17.4. The summed E-state index contributed by atoms with van der Waals surface area (Å²) < 4.78 is 5.81. The van der Waals surface area contributed by atoms with E-state index >= 15 is 0 Å². The van der Waals surface area contributed by atoms with Crippen LogP contribution in [0.25, 0.3) is 0 Å². The number of nitrogens with zero attached hydrogens (tertiary/aromatic N) is 2. The Balaban J connectivity index is 6.28. The number of carboxylic acids is 1. The van der Waals surface area contributed by atoms with Crippen LogP contribution in [-0.2, 0) is 19.1 Å². The summed E-state index contributed by atoms with van der Waals surface area (Å²) in [5.41, 5.74) is -0.579. The molecule has 0 saturated carbocycles. The van der Waals surface area contributed by atoms with Gasteiger partial charge >= 0.3 is 5.97 Å². The van der Waals surface area contributed by atoms with E-state index in [4.69, 9.17) is 4.74 Å². The number of aliphatic carboxylic acids is 1. The molecule has 0 saturated heterocycles. The molecule has 34 heavy (non-hydrogen) atoms. The normalized spacial score (nSPS) is 17.8. The van der Waals surface area contributed by atoms with Crippen LogP contribution in [0.5, 0.6) is 0 Å². The molecular weight excluding hydrogens is 434 g/mol. The van der Waals surface area contributed by atoms with Crippen molar-refractivity contribution in [3.8, 4) is 0 Å². The third kappa shape index (κ3) is 8.22. The van der Waals surface area contributed by atoms with Gasteiger partial charge in [0.15, 0.2) is 0 Å². The summed E-state index contributed by atoms with van der Waals surface area (Å²) in [6.07, 6.45) is 0.0306. The molecule has 0 rings (SSSR count). The van der Waals surface area contributed by atoms with E-state index in [1.54, 1.807) is 11.9 Å². The fraction of sp³-hybridized carbons (Fsp3) is 0.885. The maximum atomic E-state index is 13.8. The first-order chi connectivity index (χ1) is 15.4. The standard InChI is InChI=1S/C26H51N3O5/c1-14-17(6)21(22(34-13)18(25(32)33)26(7,8)9)29(12)24(31)19(15(2)3)27-23(30)20(16(4)5)28(10)11/h15-22H,14H2,1-13H3,(H,27,30)(H,32,33)/t17-,18?,19-,20-,21-,22+/m0/s1. The minimum absolute atomic E-state index is 0.0169. The van der Waals surface area contributed by atoms with Crippen molar-refractivity contribution >= 4 is 17.8 Å². The molecule has 8 heteroatoms. The molecule has 0 aliphatic rings. The van der Waals surface area contributed by atoms with Crippen LogP contribution in [0.4, 0.5) is 0 Å². The maximum absolute atomic E-state index is 13.8. The number of methoxy groups -OCH3 is 1. The minimum atomic E-state index is -0.951. The number of nitrogens with one attached hydrogen (secondary N) is 1. The molecule has 0 aromatic heterocycles. The predicted molar refractivity (Wildman–Crippen MR) is 136 cm³/mol. The highest BCUT2D eigenvalue weighted by Crippen LogP contribution is 2.35. The van der Waals surface area contributed by atoms with Gasteiger partial charge in [0.2, 0.25) is 11.8 Å². The van der Waals surface area contributed by atoms with Crippen molar-refractivity contribution in [2.75, 3.05) is 28.3 Å². The molecule has 0 spiro atoms. The molecule has 200 valence electrons. The molecule has 6 atom stereocenters. The van der Waals surface area contributed by atoms with Crippen molar-refractivity contribution < 1.29 is 24.2 Å². The molecule has 0 aromatic carbocycles. The summed E-state index contributed by atoms with van der Waals surface area (Å²) in [6, 6.07) is -1.58. The summed E-state index contributed by atoms with van der Waals surface area (Å²) in [7, 11) is 6.90. The van der Waals surface area contributed by atoms with Crippen LogP contribution in [0.3, 0.4) is 0 Å². The van der Waals surface area contributed by atoms with Gasteiger partial charge in [0.1, 0.15) is 6.04 Å². The first-order valence-corrected chi connectivity index (χ1v) is 12.4. The van der Waals surface area contributed by atoms with Gasteiger partial charge in [0.25, 0.3) is 0 Å². The first-order valence-electron chi connectivity index (χ1n) is 12.4. The topological polar surface area (TPSA) is 99.2 Å². The smallest absolute Gasteiger partial charge is 0.309 e. The predicted octanol–water partition coefficient (Wildman–Crippen LogP) is 3.35. The van der Waals surface area contributed by atoms with Gasteiger partial charge in [-0.1, -0.05) is 68.7 Å². The average molecular weight is 486 g/mol. The number of hydrogen-bond acceptors (Lipinski definition) is 5. The Kier molecular flexibility index (Phi) is 12.8. The van der Waals surface area contributed by atoms with Gasteiger partial charge < -0.3 is 20.1 Å². The number of likely N-dealkylation sites (N-methyl/N-ethyl adjacent to an activating group) is 2. The fourth-order valence-corrected chi connectivity index (χ4v) is 4.90. The number of carbonyl (C=O) groups is 3. The second kappa shape index (κ2) is 13.4. The Bertz CT molecular complexity index is 664. The number of carboxylic acid groups (broad SMARTS) is 1. The summed E-state index contributed by atoms with van der Waals surface area (Å²) in [5.74, 6) is -2.30. The highest BCUT2D eigenvalue weighted by Gasteiger charge is 2.46. The second-order valence-electron chi connectivity index (χ2n) is 11.6. The van der Waals surface area contributed by atoms with Crippen molar-refractivity contribution in [1.29, 1.82) is 0 Å². The lowest BCUT2D eigenvalue weighted by molar-refractivity contribution is -0.161. The molecule has 0 fully saturated rings. The molecule has 0 radical (unpaired) electrons. The Morgan fingerprint density at radius 2 is 1.47 bits per heavy atom. The number of ether oxygens (including phenoxy) is 1. The van der Waals surface area contributed by atoms with Crippen LogP contribution < -0.4 is 5.32 Å². The number of hydrogen-bond donors (Lipinski definition) is 2. The van der Waals surface area contributed by atoms with Crippen LogP contribution in [0.15, 0.2) is 0 Å². The van der Waals surface area contributed by atoms with Crippen LogP contribution in [0, 0.1) is 29.1 Å². The lowest BCUT2D eigenvalue weighted by atomic mass is 9.72. The second-order valence-corrected chi connectivity index (χ2v) is 11.6. The van der Waals surface area contributed by atoms with Crippen LogP contribution >= 0.6 is 0 Å². The molecule has 8 nitrogen and oxygen atoms in total. The first kappa shape index (κ1) is 32.3. The molecule has 1 unspecified atom stereocenters. The Morgan fingerprint density at radius 3 is 1.76 bits per heavy atom. The zero-order valence-electron chi connectivity index (χ0n) is 23.8. The SMILES string of the molecule is CC[C@H](C)[C@@H]([C@H](OC)C(C(=O)O)C(C)(C)C)N(C)C(=O)[C@@H](NC(=O)[C@H](C(C)C)N(C)C)C(C)C. The highest BCUT2D eigenvalue weighted by atomic mass is 16.5. The van der Waals surface area contributed by atoms with Gasteiger partial charge in [-0.2, -0.15) is 0 Å². The van der Waals surface area contributed by atoms with Gasteiger partial charge in [0.05, 0.1) is 24.1 Å². The molecule has 2 N–H and O–H groups in total. The lowest BCUT2D eigenvalue weighted by Crippen LogP contribution is -2.61. The maximum Gasteiger partial charge on any atom is 0.309 e. The summed E-state index contributed by atoms with van der Waals surface area (Å²) >= 11 is 0. The van der Waals surface area contributed by atoms with Gasteiger partial charge in [-0.15, -0.1) is 0 Å². The van der Waals surface area contributed by atoms with Gasteiger partial charge in [0, 0.05) is 14.2 Å². The van der Waals surface area contributed by atoms with Crippen LogP contribution in [0.1, 0.15) is 68.7 Å². The molecule has 2 amide bonds. The molecule has 0 bridgehead atoms. The largest absolute Gasteiger partial charge is 0.481 e. The van der Waals surface area contributed by atoms with Crippen molar-refractivity contribution in [2.45, 2.75) is 93.0 Å². The Labute approximate surface area is 207 Å². The molecule has 0 aromatic rings. The molecular formula is C26H51N3O5. The third-order valence-corrected chi connectivity index (χ3v) is 6.85. The van der Waals surface area contributed by atoms with E-state index < -0.39 is 35.5 Å². The van der Waals surface area contributed by atoms with Crippen molar-refractivity contribution in [3.05, 3.63) is 0 Å². The van der Waals surface area contributed by atoms with Gasteiger partial charge in [-0.05, 0) is 37.3 Å². The monoisotopic (exact) mass is 485 g/mol. The van der Waals surface area contributed by atoms with E-state index in [2.05, 4.69) is 5.32 Å². The van der Waals surface area contributed by atoms with Crippen LogP contribution in [0.2, 0.25) is 0 Å². The van der Waals surface area contributed by atoms with Crippen molar-refractivity contribution in [2.24, 2.45) is 29.1 Å². The van der Waals surface area contributed by atoms with E-state index in [1.165, 1.54) is 7.11 Å². The Morgan fingerprint density at radius 1 is 0.971 bits per heavy atom. The summed E-state index contributed by atoms with van der Waals surface area (Å²) in [4.78, 5) is 42.7. The fourth-order valence-electron chi connectivity index (χ4n) is 4.90. The van der Waals surface area contributed by atoms with Gasteiger partial charge in [-0.25, -0.2) is 0 Å². The van der Waals surface area contributed by atoms with E-state index in [9.17, 15) is 19.5 Å². The zero-order valence-corrected chi connectivity index (χ0v) is 23.8. The molecule has 0 heterocycles. The summed E-state index contributed by atoms with van der Waals surface area (Å²) in [5, 5.41) is 13.1. The minimum Gasteiger partial charge on any atom is -0.481 e.